The van der Waals surface area contributed by atoms with Gasteiger partial charge < -0.3 is 10.1 Å². The third-order valence-corrected chi connectivity index (χ3v) is 3.37. The molecule has 24 heavy (non-hydrogen) atoms. The normalized spacial score (nSPS) is 10.1. The molecule has 0 spiro atoms. The Morgan fingerprint density at radius 1 is 1.21 bits per heavy atom. The molecule has 0 aromatic heterocycles. The Kier molecular flexibility index (Phi) is 5.49. The van der Waals surface area contributed by atoms with Gasteiger partial charge in [0.05, 0.1) is 10.5 Å². The zero-order valence-electron chi connectivity index (χ0n) is 12.6. The van der Waals surface area contributed by atoms with Crippen molar-refractivity contribution in [3.05, 3.63) is 68.7 Å². The van der Waals surface area contributed by atoms with Crippen LogP contribution in [0.25, 0.3) is 0 Å². The van der Waals surface area contributed by atoms with Gasteiger partial charge in [0.2, 0.25) is 0 Å². The van der Waals surface area contributed by atoms with Gasteiger partial charge >= 0.3 is 5.97 Å². The van der Waals surface area contributed by atoms with Gasteiger partial charge in [-0.05, 0) is 31.2 Å². The molecule has 0 aliphatic rings. The number of halogens is 1. The van der Waals surface area contributed by atoms with E-state index in [4.69, 9.17) is 16.3 Å². The molecule has 2 aromatic carbocycles. The largest absolute Gasteiger partial charge is 0.452 e. The second kappa shape index (κ2) is 7.56. The zero-order valence-corrected chi connectivity index (χ0v) is 13.4. The Labute approximate surface area is 142 Å². The summed E-state index contributed by atoms with van der Waals surface area (Å²) >= 11 is 5.69. The number of anilines is 1. The van der Waals surface area contributed by atoms with Crippen LogP contribution in [0.2, 0.25) is 5.02 Å². The number of hydrogen-bond acceptors (Lipinski definition) is 5. The Morgan fingerprint density at radius 2 is 1.88 bits per heavy atom. The standard InChI is InChI=1S/C16H13ClN2O5/c1-10-2-4-11(5-3-10)16(21)24-9-15(20)18-12-6-7-13(17)14(8-12)19(22)23/h2-8H,9H2,1H3,(H,18,20). The van der Waals surface area contributed by atoms with Crippen LogP contribution in [-0.2, 0) is 9.53 Å². The molecule has 0 saturated carbocycles. The van der Waals surface area contributed by atoms with Gasteiger partial charge in [-0.3, -0.25) is 14.9 Å². The lowest BCUT2D eigenvalue weighted by Gasteiger charge is -2.07. The van der Waals surface area contributed by atoms with E-state index < -0.39 is 23.4 Å². The topological polar surface area (TPSA) is 98.5 Å². The van der Waals surface area contributed by atoms with Crippen molar-refractivity contribution < 1.29 is 19.2 Å². The molecule has 8 heteroatoms. The highest BCUT2D eigenvalue weighted by Crippen LogP contribution is 2.27. The van der Waals surface area contributed by atoms with Gasteiger partial charge in [0.1, 0.15) is 5.02 Å². The average molecular weight is 349 g/mol. The maximum Gasteiger partial charge on any atom is 0.338 e. The van der Waals surface area contributed by atoms with Gasteiger partial charge in [0, 0.05) is 11.8 Å². The summed E-state index contributed by atoms with van der Waals surface area (Å²) in [6.45, 7) is 1.37. The quantitative estimate of drug-likeness (QED) is 0.507. The van der Waals surface area contributed by atoms with Gasteiger partial charge in [-0.15, -0.1) is 0 Å². The van der Waals surface area contributed by atoms with Crippen LogP contribution < -0.4 is 5.32 Å². The summed E-state index contributed by atoms with van der Waals surface area (Å²) in [7, 11) is 0. The van der Waals surface area contributed by atoms with Gasteiger partial charge in [0.15, 0.2) is 6.61 Å². The minimum Gasteiger partial charge on any atom is -0.452 e. The Morgan fingerprint density at radius 3 is 2.50 bits per heavy atom. The van der Waals surface area contributed by atoms with E-state index in [9.17, 15) is 19.7 Å². The summed E-state index contributed by atoms with van der Waals surface area (Å²) in [5, 5.41) is 13.2. The minimum absolute atomic E-state index is 0.0382. The zero-order chi connectivity index (χ0) is 17.7. The van der Waals surface area contributed by atoms with Crippen molar-refractivity contribution >= 4 is 34.9 Å². The molecule has 0 atom stereocenters. The van der Waals surface area contributed by atoms with E-state index >= 15 is 0 Å². The monoisotopic (exact) mass is 348 g/mol. The molecular weight excluding hydrogens is 336 g/mol. The van der Waals surface area contributed by atoms with E-state index in [1.54, 1.807) is 24.3 Å². The molecule has 0 aliphatic heterocycles. The Bertz CT molecular complexity index is 790. The molecule has 7 nitrogen and oxygen atoms in total. The highest BCUT2D eigenvalue weighted by molar-refractivity contribution is 6.32. The first-order valence-electron chi connectivity index (χ1n) is 6.84. The van der Waals surface area contributed by atoms with E-state index in [0.717, 1.165) is 11.6 Å². The number of rotatable bonds is 5. The van der Waals surface area contributed by atoms with Crippen LogP contribution in [0, 0.1) is 17.0 Å². The first-order valence-corrected chi connectivity index (χ1v) is 7.22. The number of nitro benzene ring substituents is 1. The second-order valence-corrected chi connectivity index (χ2v) is 5.32. The second-order valence-electron chi connectivity index (χ2n) is 4.91. The number of amides is 1. The highest BCUT2D eigenvalue weighted by atomic mass is 35.5. The number of benzene rings is 2. The SMILES string of the molecule is Cc1ccc(C(=O)OCC(=O)Nc2ccc(Cl)c([N+](=O)[O-])c2)cc1. The molecule has 0 fully saturated rings. The van der Waals surface area contributed by atoms with Gasteiger partial charge in [-0.25, -0.2) is 4.79 Å². The molecule has 0 bridgehead atoms. The van der Waals surface area contributed by atoms with E-state index in [1.807, 2.05) is 6.92 Å². The number of carbonyl (C=O) groups excluding carboxylic acids is 2. The number of esters is 1. The summed E-state index contributed by atoms with van der Waals surface area (Å²) in [6, 6.07) is 10.5. The lowest BCUT2D eigenvalue weighted by molar-refractivity contribution is -0.384. The van der Waals surface area contributed by atoms with E-state index in [0.29, 0.717) is 5.56 Å². The molecule has 2 aromatic rings. The summed E-state index contributed by atoms with van der Waals surface area (Å²) in [4.78, 5) is 33.7. The molecule has 124 valence electrons. The third-order valence-electron chi connectivity index (χ3n) is 3.05. The van der Waals surface area contributed by atoms with Crippen molar-refractivity contribution in [3.63, 3.8) is 0 Å². The molecule has 1 amide bonds. The molecule has 0 heterocycles. The number of ether oxygens (including phenoxy) is 1. The van der Waals surface area contributed by atoms with Crippen LogP contribution in [0.15, 0.2) is 42.5 Å². The molecule has 0 aliphatic carbocycles. The predicted octanol–water partition coefficient (Wildman–Crippen LogP) is 3.35. The molecule has 0 unspecified atom stereocenters. The highest BCUT2D eigenvalue weighted by Gasteiger charge is 2.15. The number of hydrogen-bond donors (Lipinski definition) is 1. The third kappa shape index (κ3) is 4.53. The lowest BCUT2D eigenvalue weighted by atomic mass is 10.1. The van der Waals surface area contributed by atoms with Gasteiger partial charge in [-0.2, -0.15) is 0 Å². The van der Waals surface area contributed by atoms with E-state index in [2.05, 4.69) is 5.32 Å². The number of nitro groups is 1. The van der Waals surface area contributed by atoms with Crippen LogP contribution in [0.4, 0.5) is 11.4 Å². The average Bonchev–Trinajstić information content (AvgIpc) is 2.55. The Hall–Kier alpha value is -2.93. The summed E-state index contributed by atoms with van der Waals surface area (Å²) in [6.07, 6.45) is 0. The fourth-order valence-electron chi connectivity index (χ4n) is 1.83. The smallest absolute Gasteiger partial charge is 0.338 e. The number of nitrogens with one attached hydrogen (secondary N) is 1. The molecule has 2 rings (SSSR count). The van der Waals surface area contributed by atoms with Crippen LogP contribution in [0.1, 0.15) is 15.9 Å². The number of nitrogens with zero attached hydrogens (tertiary/aromatic N) is 1. The van der Waals surface area contributed by atoms with Crippen LogP contribution >= 0.6 is 11.6 Å². The van der Waals surface area contributed by atoms with Crippen molar-refractivity contribution in [3.8, 4) is 0 Å². The Balaban J connectivity index is 1.94. The maximum absolute atomic E-state index is 11.8. The first-order chi connectivity index (χ1) is 11.4. The number of aryl methyl sites for hydroxylation is 1. The van der Waals surface area contributed by atoms with Crippen molar-refractivity contribution in [2.75, 3.05) is 11.9 Å². The van der Waals surface area contributed by atoms with Crippen molar-refractivity contribution in [2.24, 2.45) is 0 Å². The maximum atomic E-state index is 11.8. The predicted molar refractivity (Wildman–Crippen MR) is 88.2 cm³/mol. The van der Waals surface area contributed by atoms with Crippen LogP contribution in [-0.4, -0.2) is 23.4 Å². The minimum atomic E-state index is -0.657. The van der Waals surface area contributed by atoms with E-state index in [-0.39, 0.29) is 16.4 Å². The fraction of sp³-hybridized carbons (Fsp3) is 0.125. The fourth-order valence-corrected chi connectivity index (χ4v) is 2.02. The van der Waals surface area contributed by atoms with Crippen LogP contribution in [0.3, 0.4) is 0 Å². The number of carbonyl (C=O) groups is 2. The summed E-state index contributed by atoms with van der Waals surface area (Å²) in [5.41, 5.74) is 1.18. The van der Waals surface area contributed by atoms with Gasteiger partial charge in [-0.1, -0.05) is 29.3 Å². The van der Waals surface area contributed by atoms with Crippen molar-refractivity contribution in [1.82, 2.24) is 0 Å². The summed E-state index contributed by atoms with van der Waals surface area (Å²) < 4.78 is 4.89. The molecule has 0 saturated heterocycles. The van der Waals surface area contributed by atoms with Gasteiger partial charge in [0.25, 0.3) is 11.6 Å². The first kappa shape index (κ1) is 17.4. The lowest BCUT2D eigenvalue weighted by Crippen LogP contribution is -2.21. The van der Waals surface area contributed by atoms with Crippen molar-refractivity contribution in [1.29, 1.82) is 0 Å². The molecular formula is C16H13ClN2O5. The van der Waals surface area contributed by atoms with Crippen molar-refractivity contribution in [2.45, 2.75) is 6.92 Å². The summed E-state index contributed by atoms with van der Waals surface area (Å²) in [5.74, 6) is -1.25. The van der Waals surface area contributed by atoms with Crippen LogP contribution in [0.5, 0.6) is 0 Å². The molecule has 1 N–H and O–H groups in total. The molecule has 0 radical (unpaired) electrons. The van der Waals surface area contributed by atoms with E-state index in [1.165, 1.54) is 12.1 Å².